The van der Waals surface area contributed by atoms with Gasteiger partial charge in [0.2, 0.25) is 5.91 Å². The summed E-state index contributed by atoms with van der Waals surface area (Å²) >= 11 is 0. The molecule has 5 aliphatic rings. The maximum atomic E-state index is 13.4. The minimum absolute atomic E-state index is 0.292. The van der Waals surface area contributed by atoms with Crippen molar-refractivity contribution >= 4 is 5.91 Å². The number of nitrogens with zero attached hydrogens (tertiary/aromatic N) is 2. The molecule has 4 saturated carbocycles. The predicted molar refractivity (Wildman–Crippen MR) is 104 cm³/mol. The third kappa shape index (κ3) is 2.52. The SMILES string of the molecule is [2H]C1([2H])N(C(=O)CNC23CC4C(C)C(C2)C(C)C(OC)(C3)C4C)[C@](C)(C#N)C([2H])([2H])C1([2H])[2H]. The molecule has 0 aromatic heterocycles. The predicted octanol–water partition coefficient (Wildman–Crippen LogP) is 2.96. The highest BCUT2D eigenvalue weighted by molar-refractivity contribution is 5.80. The summed E-state index contributed by atoms with van der Waals surface area (Å²) in [6, 6.07) is 1.70. The van der Waals surface area contributed by atoms with Gasteiger partial charge in [-0.05, 0) is 68.5 Å². The summed E-state index contributed by atoms with van der Waals surface area (Å²) in [5, 5.41) is 13.1. The summed E-state index contributed by atoms with van der Waals surface area (Å²) in [7, 11) is 1.75. The van der Waals surface area contributed by atoms with E-state index in [0.29, 0.717) is 34.5 Å². The Labute approximate surface area is 172 Å². The zero-order valence-electron chi connectivity index (χ0n) is 22.9. The molecule has 5 fully saturated rings. The van der Waals surface area contributed by atoms with Crippen molar-refractivity contribution in [2.24, 2.45) is 29.6 Å². The van der Waals surface area contributed by atoms with Gasteiger partial charge in [0.15, 0.2) is 0 Å². The molecule has 27 heavy (non-hydrogen) atoms. The molecule has 0 aromatic carbocycles. The first-order valence-corrected chi connectivity index (χ1v) is 10.0. The lowest BCUT2D eigenvalue weighted by Crippen LogP contribution is -2.74. The largest absolute Gasteiger partial charge is 0.378 e. The van der Waals surface area contributed by atoms with E-state index in [1.165, 1.54) is 0 Å². The zero-order valence-corrected chi connectivity index (χ0v) is 16.9. The fraction of sp³-hybridized carbons (Fsp3) is 0.909. The third-order valence-corrected chi connectivity index (χ3v) is 8.43. The van der Waals surface area contributed by atoms with Gasteiger partial charge in [-0.15, -0.1) is 0 Å². The summed E-state index contributed by atoms with van der Waals surface area (Å²) < 4.78 is 55.3. The van der Waals surface area contributed by atoms with E-state index in [2.05, 4.69) is 26.1 Å². The first-order valence-electron chi connectivity index (χ1n) is 13.0. The molecule has 5 heteroatoms. The van der Waals surface area contributed by atoms with Crippen LogP contribution < -0.4 is 5.32 Å². The van der Waals surface area contributed by atoms with E-state index in [0.717, 1.165) is 26.2 Å². The number of hydrogen-bond donors (Lipinski definition) is 1. The van der Waals surface area contributed by atoms with Crippen molar-refractivity contribution in [2.45, 2.75) is 76.4 Å². The molecule has 1 aliphatic heterocycles. The molecular weight excluding hydrogens is 338 g/mol. The van der Waals surface area contributed by atoms with E-state index in [-0.39, 0.29) is 17.7 Å². The van der Waals surface area contributed by atoms with Crippen LogP contribution in [0, 0.1) is 40.9 Å². The summed E-state index contributed by atoms with van der Waals surface area (Å²) in [6.07, 6.45) is -3.46. The Hall–Kier alpha value is -1.12. The van der Waals surface area contributed by atoms with Crippen molar-refractivity contribution in [1.29, 1.82) is 5.26 Å². The molecule has 4 unspecified atom stereocenters. The van der Waals surface area contributed by atoms with Crippen LogP contribution >= 0.6 is 0 Å². The Kier molecular flexibility index (Phi) is 3.02. The number of methoxy groups -OCH3 is 1. The first kappa shape index (κ1) is 13.2. The smallest absolute Gasteiger partial charge is 0.237 e. The number of nitriles is 1. The summed E-state index contributed by atoms with van der Waals surface area (Å²) in [5.41, 5.74) is -2.95. The molecule has 5 rings (SSSR count). The molecule has 4 bridgehead atoms. The average molecular weight is 380 g/mol. The molecule has 0 spiro atoms. The molecule has 0 aromatic rings. The van der Waals surface area contributed by atoms with E-state index in [1.54, 1.807) is 13.2 Å². The quantitative estimate of drug-likeness (QED) is 0.816. The number of ether oxygens (including phenoxy) is 1. The normalized spacial score (nSPS) is 59.7. The van der Waals surface area contributed by atoms with Crippen molar-refractivity contribution in [3.8, 4) is 6.07 Å². The highest BCUT2D eigenvalue weighted by Crippen LogP contribution is 2.65. The Balaban J connectivity index is 1.62. The maximum absolute atomic E-state index is 13.4. The Morgan fingerprint density at radius 1 is 1.33 bits per heavy atom. The topological polar surface area (TPSA) is 65.4 Å². The van der Waals surface area contributed by atoms with Crippen molar-refractivity contribution in [1.82, 2.24) is 10.2 Å². The molecule has 150 valence electrons. The minimum atomic E-state index is -3.05. The molecule has 4 aliphatic carbocycles. The second kappa shape index (κ2) is 6.19. The Morgan fingerprint density at radius 3 is 2.52 bits per heavy atom. The zero-order chi connectivity index (χ0) is 25.0. The van der Waals surface area contributed by atoms with Gasteiger partial charge in [-0.1, -0.05) is 20.8 Å². The lowest BCUT2D eigenvalue weighted by Gasteiger charge is -2.69. The van der Waals surface area contributed by atoms with Crippen LogP contribution in [0.3, 0.4) is 0 Å². The van der Waals surface area contributed by atoms with Gasteiger partial charge in [-0.3, -0.25) is 4.79 Å². The Morgan fingerprint density at radius 2 is 1.96 bits per heavy atom. The second-order valence-electron chi connectivity index (χ2n) is 9.42. The van der Waals surface area contributed by atoms with Crippen LogP contribution in [0.15, 0.2) is 0 Å². The van der Waals surface area contributed by atoms with E-state index in [1.807, 2.05) is 0 Å². The highest BCUT2D eigenvalue weighted by Gasteiger charge is 2.67. The van der Waals surface area contributed by atoms with Crippen LogP contribution in [-0.2, 0) is 9.53 Å². The molecule has 1 saturated heterocycles. The van der Waals surface area contributed by atoms with E-state index in [9.17, 15) is 10.1 Å². The minimum Gasteiger partial charge on any atom is -0.378 e. The molecule has 5 nitrogen and oxygen atoms in total. The molecule has 1 N–H and O–H groups in total. The van der Waals surface area contributed by atoms with Crippen LogP contribution in [0.4, 0.5) is 0 Å². The maximum Gasteiger partial charge on any atom is 0.237 e. The van der Waals surface area contributed by atoms with Crippen LogP contribution in [0.5, 0.6) is 0 Å². The van der Waals surface area contributed by atoms with Gasteiger partial charge < -0.3 is 15.0 Å². The van der Waals surface area contributed by atoms with Crippen LogP contribution in [0.2, 0.25) is 0 Å². The number of carbonyl (C=O) groups is 1. The van der Waals surface area contributed by atoms with Crippen LogP contribution in [0.25, 0.3) is 0 Å². The van der Waals surface area contributed by atoms with E-state index < -0.39 is 30.7 Å². The van der Waals surface area contributed by atoms with Crippen molar-refractivity contribution in [3.63, 3.8) is 0 Å². The second-order valence-corrected chi connectivity index (χ2v) is 9.42. The molecule has 1 amide bonds. The fourth-order valence-corrected chi connectivity index (χ4v) is 6.83. The Bertz CT molecular complexity index is 885. The van der Waals surface area contributed by atoms with E-state index in [4.69, 9.17) is 13.0 Å². The number of nitrogens with one attached hydrogen (secondary N) is 1. The van der Waals surface area contributed by atoms with Gasteiger partial charge in [0, 0.05) is 27.4 Å². The van der Waals surface area contributed by atoms with Crippen molar-refractivity contribution < 1.29 is 17.8 Å². The monoisotopic (exact) mass is 379 g/mol. The molecule has 5 atom stereocenters. The van der Waals surface area contributed by atoms with Gasteiger partial charge in [-0.2, -0.15) is 5.26 Å². The molecule has 0 radical (unpaired) electrons. The average Bonchev–Trinajstić information content (AvgIpc) is 2.82. The van der Waals surface area contributed by atoms with Gasteiger partial charge >= 0.3 is 0 Å². The third-order valence-electron chi connectivity index (χ3n) is 8.43. The van der Waals surface area contributed by atoms with Gasteiger partial charge in [0.05, 0.1) is 18.2 Å². The summed E-state index contributed by atoms with van der Waals surface area (Å²) in [5.74, 6) is 1.35. The van der Waals surface area contributed by atoms with Gasteiger partial charge in [-0.25, -0.2) is 0 Å². The first-order chi connectivity index (χ1) is 15.0. The number of amides is 1. The number of rotatable bonds is 4. The van der Waals surface area contributed by atoms with Gasteiger partial charge in [0.25, 0.3) is 0 Å². The fourth-order valence-electron chi connectivity index (χ4n) is 6.83. The summed E-state index contributed by atoms with van der Waals surface area (Å²) in [4.78, 5) is 13.8. The number of hydrogen-bond acceptors (Lipinski definition) is 4. The van der Waals surface area contributed by atoms with Crippen LogP contribution in [0.1, 0.15) is 67.9 Å². The standard InChI is InChI=1S/C22H35N3O2/c1-14-17-9-21(10-18(14)16(3)22(12-21,27-5)15(17)2)24-11-19(26)25-8-6-7-20(25,4)13-23/h14-18,24H,6-12H2,1-5H3/t14?,15?,16?,17?,18?,20-,21?,22?/m0/s1/i6D2,7D2,8D2. The molecular formula is C22H35N3O2. The lowest BCUT2D eigenvalue weighted by atomic mass is 9.41. The summed E-state index contributed by atoms with van der Waals surface area (Å²) in [6.45, 7) is 4.62. The van der Waals surface area contributed by atoms with Crippen molar-refractivity contribution in [3.05, 3.63) is 0 Å². The van der Waals surface area contributed by atoms with Crippen molar-refractivity contribution in [2.75, 3.05) is 20.2 Å². The number of likely N-dealkylation sites (tertiary alicyclic amines) is 1. The molecule has 1 heterocycles. The lowest BCUT2D eigenvalue weighted by molar-refractivity contribution is -0.248. The van der Waals surface area contributed by atoms with Crippen LogP contribution in [-0.4, -0.2) is 47.6 Å². The highest BCUT2D eigenvalue weighted by atomic mass is 16.5. The number of carbonyl (C=O) groups excluding carboxylic acids is 1. The van der Waals surface area contributed by atoms with Gasteiger partial charge in [0.1, 0.15) is 5.54 Å². The van der Waals surface area contributed by atoms with E-state index >= 15 is 0 Å².